The summed E-state index contributed by atoms with van der Waals surface area (Å²) in [6, 6.07) is 3.62. The summed E-state index contributed by atoms with van der Waals surface area (Å²) >= 11 is 0. The number of nitrogens with zero attached hydrogens (tertiary/aromatic N) is 1. The Morgan fingerprint density at radius 3 is 2.41 bits per heavy atom. The second-order valence-corrected chi connectivity index (χ2v) is 5.53. The number of ether oxygens (including phenoxy) is 2. The number of hydrogen-bond acceptors (Lipinski definition) is 4. The number of amides is 1. The van der Waals surface area contributed by atoms with Crippen molar-refractivity contribution in [1.82, 2.24) is 0 Å². The Bertz CT molecular complexity index is 531. The predicted octanol–water partition coefficient (Wildman–Crippen LogP) is 3.43. The van der Waals surface area contributed by atoms with E-state index in [0.29, 0.717) is 11.5 Å². The molecule has 22 heavy (non-hydrogen) atoms. The van der Waals surface area contributed by atoms with Crippen LogP contribution in [-0.4, -0.2) is 32.7 Å². The molecule has 0 aromatic heterocycles. The third kappa shape index (κ3) is 3.13. The fourth-order valence-electron chi connectivity index (χ4n) is 2.79. The lowest BCUT2D eigenvalue weighted by atomic mass is 10.1. The first-order valence-electron chi connectivity index (χ1n) is 8.00. The number of benzene rings is 1. The van der Waals surface area contributed by atoms with Crippen LogP contribution in [0.15, 0.2) is 12.1 Å². The lowest BCUT2D eigenvalue weighted by molar-refractivity contribution is -0.119. The van der Waals surface area contributed by atoms with E-state index in [1.807, 2.05) is 24.0 Å². The Balaban J connectivity index is 2.39. The maximum atomic E-state index is 12.7. The molecule has 0 radical (unpaired) electrons. The summed E-state index contributed by atoms with van der Waals surface area (Å²) in [5.41, 5.74) is 1.81. The van der Waals surface area contributed by atoms with Crippen LogP contribution in [0, 0.1) is 0 Å². The van der Waals surface area contributed by atoms with Gasteiger partial charge in [0.25, 0.3) is 0 Å². The summed E-state index contributed by atoms with van der Waals surface area (Å²) in [7, 11) is 3.23. The van der Waals surface area contributed by atoms with Gasteiger partial charge in [-0.15, -0.1) is 0 Å². The zero-order valence-corrected chi connectivity index (χ0v) is 13.9. The van der Waals surface area contributed by atoms with Crippen LogP contribution in [0.25, 0.3) is 0 Å². The van der Waals surface area contributed by atoms with Crippen LogP contribution < -0.4 is 19.7 Å². The average molecular weight is 306 g/mol. The maximum Gasteiger partial charge on any atom is 0.249 e. The van der Waals surface area contributed by atoms with Crippen molar-refractivity contribution in [3.8, 4) is 11.5 Å². The third-order valence-corrected chi connectivity index (χ3v) is 4.08. The molecule has 1 N–H and O–H groups in total. The van der Waals surface area contributed by atoms with E-state index in [-0.39, 0.29) is 11.9 Å². The van der Waals surface area contributed by atoms with Crippen LogP contribution in [0.3, 0.4) is 0 Å². The van der Waals surface area contributed by atoms with E-state index in [1.54, 1.807) is 14.2 Å². The van der Waals surface area contributed by atoms with Gasteiger partial charge in [0.15, 0.2) is 11.5 Å². The highest BCUT2D eigenvalue weighted by molar-refractivity contribution is 6.05. The maximum absolute atomic E-state index is 12.7. The number of fused-ring (bicyclic) bond motifs is 1. The second kappa shape index (κ2) is 7.38. The molecule has 0 saturated carbocycles. The van der Waals surface area contributed by atoms with Gasteiger partial charge in [0.1, 0.15) is 6.04 Å². The summed E-state index contributed by atoms with van der Waals surface area (Å²) < 4.78 is 10.7. The van der Waals surface area contributed by atoms with Crippen molar-refractivity contribution in [2.45, 2.75) is 45.6 Å². The molecular weight excluding hydrogens is 280 g/mol. The molecule has 0 spiro atoms. The fourth-order valence-corrected chi connectivity index (χ4v) is 2.79. The molecule has 0 saturated heterocycles. The van der Waals surface area contributed by atoms with Crippen molar-refractivity contribution >= 4 is 17.3 Å². The second-order valence-electron chi connectivity index (χ2n) is 5.53. The molecule has 5 nitrogen and oxygen atoms in total. The number of unbranched alkanes of at least 4 members (excludes halogenated alkanes) is 2. The number of anilines is 2. The molecule has 1 aromatic rings. The Morgan fingerprint density at radius 1 is 1.14 bits per heavy atom. The molecular formula is C17H26N2O3. The van der Waals surface area contributed by atoms with Gasteiger partial charge in [-0.3, -0.25) is 4.79 Å². The molecule has 1 aliphatic rings. The Labute approximate surface area is 132 Å². The lowest BCUT2D eigenvalue weighted by Crippen LogP contribution is -2.47. The van der Waals surface area contributed by atoms with Gasteiger partial charge in [-0.25, -0.2) is 0 Å². The Hall–Kier alpha value is -1.91. The minimum atomic E-state index is -0.174. The molecule has 0 aliphatic carbocycles. The van der Waals surface area contributed by atoms with Gasteiger partial charge < -0.3 is 19.7 Å². The van der Waals surface area contributed by atoms with Crippen molar-refractivity contribution in [2.75, 3.05) is 31.0 Å². The molecule has 1 amide bonds. The van der Waals surface area contributed by atoms with E-state index >= 15 is 0 Å². The lowest BCUT2D eigenvalue weighted by Gasteiger charge is -2.35. The minimum absolute atomic E-state index is 0.137. The van der Waals surface area contributed by atoms with Gasteiger partial charge in [0.2, 0.25) is 5.91 Å². The van der Waals surface area contributed by atoms with Gasteiger partial charge in [-0.1, -0.05) is 26.7 Å². The summed E-state index contributed by atoms with van der Waals surface area (Å²) in [5.74, 6) is 1.45. The zero-order valence-electron chi connectivity index (χ0n) is 13.9. The first-order chi connectivity index (χ1) is 10.7. The summed E-state index contributed by atoms with van der Waals surface area (Å²) in [6.45, 7) is 4.93. The van der Waals surface area contributed by atoms with E-state index in [4.69, 9.17) is 9.47 Å². The highest BCUT2D eigenvalue weighted by Gasteiger charge is 2.32. The van der Waals surface area contributed by atoms with E-state index in [1.165, 1.54) is 0 Å². The van der Waals surface area contributed by atoms with Crippen LogP contribution in [0.5, 0.6) is 11.5 Å². The molecule has 1 aromatic carbocycles. The van der Waals surface area contributed by atoms with Crippen LogP contribution in [0.2, 0.25) is 0 Å². The number of rotatable bonds is 7. The number of hydrogen-bond donors (Lipinski definition) is 1. The van der Waals surface area contributed by atoms with Gasteiger partial charge in [0.05, 0.1) is 25.6 Å². The first kappa shape index (κ1) is 16.5. The molecule has 1 unspecified atom stereocenters. The third-order valence-electron chi connectivity index (χ3n) is 4.08. The molecule has 5 heteroatoms. The molecule has 0 bridgehead atoms. The van der Waals surface area contributed by atoms with Crippen molar-refractivity contribution in [1.29, 1.82) is 0 Å². The average Bonchev–Trinajstić information content (AvgIpc) is 2.55. The highest BCUT2D eigenvalue weighted by atomic mass is 16.5. The van der Waals surface area contributed by atoms with E-state index in [0.717, 1.165) is 43.6 Å². The van der Waals surface area contributed by atoms with E-state index in [9.17, 15) is 4.79 Å². The molecule has 122 valence electrons. The molecule has 1 aliphatic heterocycles. The SMILES string of the molecule is CCCCCN1C(=O)C(CC)Nc2cc(OC)c(OC)cc21. The van der Waals surface area contributed by atoms with Crippen molar-refractivity contribution in [3.05, 3.63) is 12.1 Å². The summed E-state index contributed by atoms with van der Waals surface area (Å²) in [5, 5.41) is 3.32. The van der Waals surface area contributed by atoms with Crippen LogP contribution in [0.4, 0.5) is 11.4 Å². The number of carbonyl (C=O) groups is 1. The Morgan fingerprint density at radius 2 is 1.82 bits per heavy atom. The van der Waals surface area contributed by atoms with Gasteiger partial charge in [-0.05, 0) is 12.8 Å². The summed E-state index contributed by atoms with van der Waals surface area (Å²) in [4.78, 5) is 14.5. The smallest absolute Gasteiger partial charge is 0.249 e. The molecule has 1 heterocycles. The topological polar surface area (TPSA) is 50.8 Å². The van der Waals surface area contributed by atoms with Crippen molar-refractivity contribution in [2.24, 2.45) is 0 Å². The highest BCUT2D eigenvalue weighted by Crippen LogP contribution is 2.41. The van der Waals surface area contributed by atoms with Crippen LogP contribution in [-0.2, 0) is 4.79 Å². The van der Waals surface area contributed by atoms with Gasteiger partial charge in [-0.2, -0.15) is 0 Å². The van der Waals surface area contributed by atoms with E-state index < -0.39 is 0 Å². The van der Waals surface area contributed by atoms with Crippen molar-refractivity contribution in [3.63, 3.8) is 0 Å². The quantitative estimate of drug-likeness (QED) is 0.784. The van der Waals surface area contributed by atoms with Crippen molar-refractivity contribution < 1.29 is 14.3 Å². The number of methoxy groups -OCH3 is 2. The standard InChI is InChI=1S/C17H26N2O3/c1-5-7-8-9-19-14-11-16(22-4)15(21-3)10-13(14)18-12(6-2)17(19)20/h10-12,18H,5-9H2,1-4H3. The Kier molecular flexibility index (Phi) is 5.52. The molecule has 2 rings (SSSR count). The fraction of sp³-hybridized carbons (Fsp3) is 0.588. The zero-order chi connectivity index (χ0) is 16.1. The van der Waals surface area contributed by atoms with Crippen LogP contribution in [0.1, 0.15) is 39.5 Å². The van der Waals surface area contributed by atoms with E-state index in [2.05, 4.69) is 12.2 Å². The normalized spacial score (nSPS) is 17.0. The molecule has 0 fully saturated rings. The monoisotopic (exact) mass is 306 g/mol. The number of nitrogens with one attached hydrogen (secondary N) is 1. The summed E-state index contributed by atoms with van der Waals surface area (Å²) in [6.07, 6.45) is 4.02. The molecule has 1 atom stereocenters. The minimum Gasteiger partial charge on any atom is -0.493 e. The van der Waals surface area contributed by atoms with Crippen LogP contribution >= 0.6 is 0 Å². The first-order valence-corrected chi connectivity index (χ1v) is 8.00. The van der Waals surface area contributed by atoms with Gasteiger partial charge in [0, 0.05) is 18.7 Å². The predicted molar refractivity (Wildman–Crippen MR) is 89.1 cm³/mol. The van der Waals surface area contributed by atoms with Gasteiger partial charge >= 0.3 is 0 Å². The largest absolute Gasteiger partial charge is 0.493 e. The number of carbonyl (C=O) groups excluding carboxylic acids is 1.